The second-order valence-corrected chi connectivity index (χ2v) is 6.99. The number of carbonyl (C=O) groups is 2. The van der Waals surface area contributed by atoms with Crippen molar-refractivity contribution in [2.45, 2.75) is 43.9 Å². The fourth-order valence-corrected chi connectivity index (χ4v) is 3.96. The van der Waals surface area contributed by atoms with E-state index in [4.69, 9.17) is 4.74 Å². The maximum absolute atomic E-state index is 13.4. The fraction of sp³-hybridized carbons (Fsp3) is 0.579. The number of aliphatic carboxylic acids is 1. The van der Waals surface area contributed by atoms with Crippen LogP contribution in [0.25, 0.3) is 0 Å². The molecule has 2 saturated heterocycles. The highest BCUT2D eigenvalue weighted by Gasteiger charge is 2.54. The Morgan fingerprint density at radius 1 is 1.28 bits per heavy atom. The predicted octanol–water partition coefficient (Wildman–Crippen LogP) is 1.91. The average Bonchev–Trinajstić information content (AvgIpc) is 2.98. The monoisotopic (exact) mass is 346 g/mol. The molecule has 3 rings (SSSR count). The molecule has 0 saturated carbocycles. The summed E-state index contributed by atoms with van der Waals surface area (Å²) in [5, 5.41) is 9.64. The minimum atomic E-state index is -0.993. The van der Waals surface area contributed by atoms with Gasteiger partial charge in [-0.05, 0) is 19.0 Å². The van der Waals surface area contributed by atoms with E-state index in [1.165, 1.54) is 0 Å². The van der Waals surface area contributed by atoms with Gasteiger partial charge in [0.15, 0.2) is 6.04 Å². The highest BCUT2D eigenvalue weighted by atomic mass is 16.5. The zero-order valence-corrected chi connectivity index (χ0v) is 14.9. The molecule has 2 heterocycles. The molecular formula is C19H26N2O4. The van der Waals surface area contributed by atoms with Gasteiger partial charge in [-0.2, -0.15) is 0 Å². The van der Waals surface area contributed by atoms with Crippen LogP contribution < -0.4 is 0 Å². The summed E-state index contributed by atoms with van der Waals surface area (Å²) < 4.78 is 5.97. The van der Waals surface area contributed by atoms with Gasteiger partial charge in [0.1, 0.15) is 5.72 Å². The number of carbonyl (C=O) groups excluding carboxylic acids is 1. The van der Waals surface area contributed by atoms with E-state index in [-0.39, 0.29) is 18.4 Å². The van der Waals surface area contributed by atoms with Gasteiger partial charge in [-0.25, -0.2) is 4.79 Å². The molecule has 1 aromatic rings. The third-order valence-corrected chi connectivity index (χ3v) is 5.46. The highest BCUT2D eigenvalue weighted by Crippen LogP contribution is 2.39. The smallest absolute Gasteiger partial charge is 0.328 e. The first-order valence-electron chi connectivity index (χ1n) is 8.92. The summed E-state index contributed by atoms with van der Waals surface area (Å²) >= 11 is 0. The lowest BCUT2D eigenvalue weighted by molar-refractivity contribution is -0.166. The molecule has 6 heteroatoms. The summed E-state index contributed by atoms with van der Waals surface area (Å²) in [6.07, 6.45) is 1.91. The fourth-order valence-electron chi connectivity index (χ4n) is 3.96. The number of rotatable bonds is 4. The van der Waals surface area contributed by atoms with E-state index in [0.29, 0.717) is 19.3 Å². The zero-order valence-electron chi connectivity index (χ0n) is 14.9. The summed E-state index contributed by atoms with van der Waals surface area (Å²) in [6, 6.07) is 8.68. The lowest BCUT2D eigenvalue weighted by Crippen LogP contribution is -2.58. The van der Waals surface area contributed by atoms with Gasteiger partial charge in [-0.3, -0.25) is 9.69 Å². The van der Waals surface area contributed by atoms with Crippen LogP contribution in [0.1, 0.15) is 37.7 Å². The Labute approximate surface area is 148 Å². The lowest BCUT2D eigenvalue weighted by Gasteiger charge is -2.44. The van der Waals surface area contributed by atoms with Gasteiger partial charge in [-0.1, -0.05) is 37.3 Å². The molecule has 25 heavy (non-hydrogen) atoms. The molecule has 0 radical (unpaired) electrons. The van der Waals surface area contributed by atoms with Crippen LogP contribution in [0.2, 0.25) is 0 Å². The molecule has 6 nitrogen and oxygen atoms in total. The average molecular weight is 346 g/mol. The van der Waals surface area contributed by atoms with Crippen LogP contribution in [0.5, 0.6) is 0 Å². The normalized spacial score (nSPS) is 24.4. The van der Waals surface area contributed by atoms with Crippen LogP contribution in [-0.4, -0.2) is 65.3 Å². The predicted molar refractivity (Wildman–Crippen MR) is 93.2 cm³/mol. The summed E-state index contributed by atoms with van der Waals surface area (Å²) in [5.74, 6) is -1.48. The van der Waals surface area contributed by atoms with Gasteiger partial charge >= 0.3 is 5.97 Å². The Morgan fingerprint density at radius 2 is 1.92 bits per heavy atom. The zero-order chi connectivity index (χ0) is 18.0. The number of hydrogen-bond acceptors (Lipinski definition) is 4. The second-order valence-electron chi connectivity index (χ2n) is 6.99. The number of carboxylic acids is 1. The van der Waals surface area contributed by atoms with Crippen molar-refractivity contribution in [3.63, 3.8) is 0 Å². The van der Waals surface area contributed by atoms with Crippen molar-refractivity contribution in [3.05, 3.63) is 35.9 Å². The lowest BCUT2D eigenvalue weighted by atomic mass is 9.91. The van der Waals surface area contributed by atoms with E-state index in [9.17, 15) is 14.7 Å². The molecule has 1 aromatic carbocycles. The molecular weight excluding hydrogens is 320 g/mol. The summed E-state index contributed by atoms with van der Waals surface area (Å²) in [7, 11) is 2.03. The van der Waals surface area contributed by atoms with Crippen molar-refractivity contribution in [2.24, 2.45) is 0 Å². The maximum Gasteiger partial charge on any atom is 0.328 e. The highest BCUT2D eigenvalue weighted by molar-refractivity contribution is 5.89. The molecule has 1 N–H and O–H groups in total. The first-order valence-corrected chi connectivity index (χ1v) is 8.92. The topological polar surface area (TPSA) is 70.1 Å². The molecule has 0 unspecified atom stereocenters. The Kier molecular flexibility index (Phi) is 5.11. The van der Waals surface area contributed by atoms with Crippen molar-refractivity contribution in [2.75, 3.05) is 26.7 Å². The Hall–Kier alpha value is -1.92. The number of likely N-dealkylation sites (tertiary alicyclic amines) is 1. The van der Waals surface area contributed by atoms with Crippen LogP contribution in [0.15, 0.2) is 30.3 Å². The van der Waals surface area contributed by atoms with Crippen LogP contribution in [-0.2, 0) is 14.3 Å². The van der Waals surface area contributed by atoms with E-state index in [1.54, 1.807) is 4.90 Å². The Balaban J connectivity index is 1.93. The van der Waals surface area contributed by atoms with Gasteiger partial charge in [0.2, 0.25) is 5.91 Å². The van der Waals surface area contributed by atoms with Gasteiger partial charge < -0.3 is 14.7 Å². The number of hydrogen-bond donors (Lipinski definition) is 1. The third kappa shape index (κ3) is 3.28. The van der Waals surface area contributed by atoms with Crippen molar-refractivity contribution in [3.8, 4) is 0 Å². The molecule has 1 amide bonds. The minimum Gasteiger partial charge on any atom is -0.480 e. The van der Waals surface area contributed by atoms with Crippen molar-refractivity contribution < 1.29 is 19.4 Å². The van der Waals surface area contributed by atoms with Crippen LogP contribution >= 0.6 is 0 Å². The van der Waals surface area contributed by atoms with Crippen LogP contribution in [0.4, 0.5) is 0 Å². The Bertz CT molecular complexity index is 626. The quantitative estimate of drug-likeness (QED) is 0.902. The van der Waals surface area contributed by atoms with Gasteiger partial charge in [0, 0.05) is 25.9 Å². The van der Waals surface area contributed by atoms with Crippen molar-refractivity contribution >= 4 is 11.9 Å². The molecule has 2 aliphatic rings. The molecule has 1 spiro atoms. The number of carboxylic acid groups (broad SMARTS) is 1. The third-order valence-electron chi connectivity index (χ3n) is 5.46. The first kappa shape index (κ1) is 17.9. The SMILES string of the molecule is CC[C@@H](C(=O)N1[C@@H](C(=O)O)COC12CCN(C)CC2)c1ccccc1. The van der Waals surface area contributed by atoms with Gasteiger partial charge in [-0.15, -0.1) is 0 Å². The Morgan fingerprint density at radius 3 is 2.48 bits per heavy atom. The molecule has 2 aliphatic heterocycles. The van der Waals surface area contributed by atoms with Gasteiger partial charge in [0.25, 0.3) is 0 Å². The molecule has 0 bridgehead atoms. The largest absolute Gasteiger partial charge is 0.480 e. The van der Waals surface area contributed by atoms with E-state index in [1.807, 2.05) is 44.3 Å². The number of amides is 1. The van der Waals surface area contributed by atoms with E-state index < -0.39 is 17.7 Å². The summed E-state index contributed by atoms with van der Waals surface area (Å²) in [4.78, 5) is 28.9. The summed E-state index contributed by atoms with van der Waals surface area (Å²) in [6.45, 7) is 3.61. The van der Waals surface area contributed by atoms with Crippen molar-refractivity contribution in [1.82, 2.24) is 9.80 Å². The molecule has 0 aromatic heterocycles. The summed E-state index contributed by atoms with van der Waals surface area (Å²) in [5.41, 5.74) is 0.142. The number of benzene rings is 1. The van der Waals surface area contributed by atoms with E-state index in [2.05, 4.69) is 4.90 Å². The van der Waals surface area contributed by atoms with E-state index >= 15 is 0 Å². The van der Waals surface area contributed by atoms with Crippen LogP contribution in [0.3, 0.4) is 0 Å². The molecule has 2 fully saturated rings. The minimum absolute atomic E-state index is 0.0655. The number of ether oxygens (including phenoxy) is 1. The van der Waals surface area contributed by atoms with Crippen LogP contribution in [0, 0.1) is 0 Å². The standard InChI is InChI=1S/C19H26N2O4/c1-3-15(14-7-5-4-6-8-14)17(22)21-16(18(23)24)13-25-19(21)9-11-20(2)12-10-19/h4-8,15-16H,3,9-13H2,1-2H3,(H,23,24)/t15-,16-/m1/s1. The first-order chi connectivity index (χ1) is 12.0. The molecule has 0 aliphatic carbocycles. The maximum atomic E-state index is 13.4. The number of piperidine rings is 1. The van der Waals surface area contributed by atoms with Crippen molar-refractivity contribution in [1.29, 1.82) is 0 Å². The second kappa shape index (κ2) is 7.14. The molecule has 136 valence electrons. The van der Waals surface area contributed by atoms with Gasteiger partial charge in [0.05, 0.1) is 12.5 Å². The number of nitrogens with zero attached hydrogens (tertiary/aromatic N) is 2. The van der Waals surface area contributed by atoms with E-state index in [0.717, 1.165) is 18.7 Å². The molecule has 2 atom stereocenters.